The van der Waals surface area contributed by atoms with Crippen molar-refractivity contribution in [1.29, 1.82) is 0 Å². The van der Waals surface area contributed by atoms with Gasteiger partial charge >= 0.3 is 0 Å². The molecule has 0 saturated carbocycles. The van der Waals surface area contributed by atoms with E-state index in [4.69, 9.17) is 19.2 Å². The van der Waals surface area contributed by atoms with Crippen LogP contribution in [0, 0.1) is 0 Å². The first kappa shape index (κ1) is 21.6. The second-order valence-corrected chi connectivity index (χ2v) is 8.27. The predicted octanol–water partition coefficient (Wildman–Crippen LogP) is 5.67. The molecule has 1 aromatic heterocycles. The number of hydrogen-bond acceptors (Lipinski definition) is 5. The molecule has 0 amide bonds. The number of benzene rings is 2. The standard InChI is InChI=1S/C26H32N2O3/c1-4-22(31-26-7-5-6-16-29-26)18-30-23-13-15-25-20(17-23)10-14-24(27-25)19-8-11-21(12-9-19)28(2)3/h8-15,17,22,26H,4-7,16,18H2,1-3H3. The van der Waals surface area contributed by atoms with Gasteiger partial charge in [0.25, 0.3) is 0 Å². The normalized spacial score (nSPS) is 17.5. The molecule has 31 heavy (non-hydrogen) atoms. The number of fused-ring (bicyclic) bond motifs is 1. The van der Waals surface area contributed by atoms with Gasteiger partial charge in [0.2, 0.25) is 0 Å². The van der Waals surface area contributed by atoms with E-state index in [1.54, 1.807) is 0 Å². The van der Waals surface area contributed by atoms with Crippen molar-refractivity contribution < 1.29 is 14.2 Å². The number of rotatable bonds is 8. The predicted molar refractivity (Wildman–Crippen MR) is 126 cm³/mol. The lowest BCUT2D eigenvalue weighted by atomic mass is 10.1. The molecule has 1 saturated heterocycles. The van der Waals surface area contributed by atoms with E-state index in [9.17, 15) is 0 Å². The van der Waals surface area contributed by atoms with Gasteiger partial charge in [-0.1, -0.05) is 25.1 Å². The second kappa shape index (κ2) is 10.1. The van der Waals surface area contributed by atoms with Crippen LogP contribution < -0.4 is 9.64 Å². The first-order chi connectivity index (χ1) is 15.1. The van der Waals surface area contributed by atoms with Crippen molar-refractivity contribution in [2.75, 3.05) is 32.2 Å². The van der Waals surface area contributed by atoms with Crippen LogP contribution in [0.5, 0.6) is 5.75 Å². The van der Waals surface area contributed by atoms with Crippen molar-refractivity contribution in [3.63, 3.8) is 0 Å². The minimum absolute atomic E-state index is 0.0319. The third-order valence-corrected chi connectivity index (χ3v) is 5.71. The van der Waals surface area contributed by atoms with Crippen LogP contribution in [0.3, 0.4) is 0 Å². The average Bonchev–Trinajstić information content (AvgIpc) is 2.82. The Bertz CT molecular complexity index is 982. The minimum atomic E-state index is -0.0895. The fourth-order valence-corrected chi connectivity index (χ4v) is 3.76. The number of nitrogens with zero attached hydrogens (tertiary/aromatic N) is 2. The second-order valence-electron chi connectivity index (χ2n) is 8.27. The van der Waals surface area contributed by atoms with Crippen molar-refractivity contribution in [1.82, 2.24) is 4.98 Å². The number of hydrogen-bond donors (Lipinski definition) is 0. The Morgan fingerprint density at radius 3 is 2.61 bits per heavy atom. The molecule has 3 aromatic rings. The Hall–Kier alpha value is -2.63. The topological polar surface area (TPSA) is 43.8 Å². The largest absolute Gasteiger partial charge is 0.491 e. The van der Waals surface area contributed by atoms with Gasteiger partial charge in [0, 0.05) is 37.3 Å². The molecular formula is C26H32N2O3. The number of anilines is 1. The molecule has 164 valence electrons. The van der Waals surface area contributed by atoms with Crippen LogP contribution in [0.15, 0.2) is 54.6 Å². The first-order valence-corrected chi connectivity index (χ1v) is 11.2. The van der Waals surface area contributed by atoms with E-state index in [1.807, 2.05) is 32.3 Å². The molecule has 5 nitrogen and oxygen atoms in total. The fourth-order valence-electron chi connectivity index (χ4n) is 3.76. The van der Waals surface area contributed by atoms with Crippen molar-refractivity contribution in [2.24, 2.45) is 0 Å². The summed E-state index contributed by atoms with van der Waals surface area (Å²) in [6, 6.07) is 18.7. The maximum absolute atomic E-state index is 6.08. The fraction of sp³-hybridized carbons (Fsp3) is 0.423. The highest BCUT2D eigenvalue weighted by atomic mass is 16.7. The molecule has 4 rings (SSSR count). The van der Waals surface area contributed by atoms with Crippen molar-refractivity contribution in [3.8, 4) is 17.0 Å². The molecule has 5 heteroatoms. The first-order valence-electron chi connectivity index (χ1n) is 11.2. The van der Waals surface area contributed by atoms with E-state index in [-0.39, 0.29) is 12.4 Å². The van der Waals surface area contributed by atoms with Gasteiger partial charge in [0.1, 0.15) is 12.4 Å². The molecule has 1 aliphatic heterocycles. The van der Waals surface area contributed by atoms with Crippen molar-refractivity contribution in [3.05, 3.63) is 54.6 Å². The van der Waals surface area contributed by atoms with Gasteiger partial charge in [-0.25, -0.2) is 4.98 Å². The zero-order valence-corrected chi connectivity index (χ0v) is 18.7. The van der Waals surface area contributed by atoms with Gasteiger partial charge in [0.05, 0.1) is 17.3 Å². The molecule has 2 unspecified atom stereocenters. The molecular weight excluding hydrogens is 388 g/mol. The van der Waals surface area contributed by atoms with E-state index in [1.165, 1.54) is 12.1 Å². The molecule has 2 heterocycles. The van der Waals surface area contributed by atoms with Crippen LogP contribution in [0.2, 0.25) is 0 Å². The lowest BCUT2D eigenvalue weighted by Gasteiger charge is -2.27. The Morgan fingerprint density at radius 1 is 1.06 bits per heavy atom. The van der Waals surface area contributed by atoms with Gasteiger partial charge in [-0.15, -0.1) is 0 Å². The molecule has 2 atom stereocenters. The minimum Gasteiger partial charge on any atom is -0.491 e. The summed E-state index contributed by atoms with van der Waals surface area (Å²) in [6.45, 7) is 3.43. The van der Waals surface area contributed by atoms with Crippen LogP contribution in [0.1, 0.15) is 32.6 Å². The van der Waals surface area contributed by atoms with Gasteiger partial charge < -0.3 is 19.1 Å². The summed E-state index contributed by atoms with van der Waals surface area (Å²) < 4.78 is 17.8. The molecule has 0 spiro atoms. The summed E-state index contributed by atoms with van der Waals surface area (Å²) in [5.41, 5.74) is 4.22. The molecule has 1 fully saturated rings. The van der Waals surface area contributed by atoms with E-state index in [2.05, 4.69) is 48.2 Å². The molecule has 0 aliphatic carbocycles. The van der Waals surface area contributed by atoms with Gasteiger partial charge in [-0.2, -0.15) is 0 Å². The Balaban J connectivity index is 1.41. The quantitative estimate of drug-likeness (QED) is 0.470. The summed E-state index contributed by atoms with van der Waals surface area (Å²) in [7, 11) is 4.09. The number of ether oxygens (including phenoxy) is 3. The van der Waals surface area contributed by atoms with Gasteiger partial charge in [0.15, 0.2) is 6.29 Å². The zero-order chi connectivity index (χ0) is 21.6. The van der Waals surface area contributed by atoms with Gasteiger partial charge in [-0.3, -0.25) is 0 Å². The Labute approximate surface area is 184 Å². The summed E-state index contributed by atoms with van der Waals surface area (Å²) >= 11 is 0. The highest BCUT2D eigenvalue weighted by molar-refractivity contribution is 5.83. The molecule has 0 bridgehead atoms. The lowest BCUT2D eigenvalue weighted by Crippen LogP contribution is -2.31. The highest BCUT2D eigenvalue weighted by Gasteiger charge is 2.19. The maximum Gasteiger partial charge on any atom is 0.158 e. The van der Waals surface area contributed by atoms with E-state index in [0.717, 1.165) is 53.8 Å². The number of aromatic nitrogens is 1. The van der Waals surface area contributed by atoms with Gasteiger partial charge in [-0.05, 0) is 62.1 Å². The summed E-state index contributed by atoms with van der Waals surface area (Å²) in [6.07, 6.45) is 4.10. The Morgan fingerprint density at radius 2 is 1.90 bits per heavy atom. The summed E-state index contributed by atoms with van der Waals surface area (Å²) in [5.74, 6) is 0.837. The average molecular weight is 421 g/mol. The van der Waals surface area contributed by atoms with Crippen molar-refractivity contribution >= 4 is 16.6 Å². The third-order valence-electron chi connectivity index (χ3n) is 5.71. The molecule has 2 aromatic carbocycles. The third kappa shape index (κ3) is 5.54. The van der Waals surface area contributed by atoms with E-state index < -0.39 is 0 Å². The highest BCUT2D eigenvalue weighted by Crippen LogP contribution is 2.26. The molecule has 0 N–H and O–H groups in total. The van der Waals surface area contributed by atoms with Crippen LogP contribution in [-0.2, 0) is 9.47 Å². The molecule has 0 radical (unpaired) electrons. The van der Waals surface area contributed by atoms with Crippen LogP contribution in [-0.4, -0.2) is 44.7 Å². The van der Waals surface area contributed by atoms with Crippen LogP contribution in [0.4, 0.5) is 5.69 Å². The van der Waals surface area contributed by atoms with E-state index >= 15 is 0 Å². The van der Waals surface area contributed by atoms with Crippen LogP contribution >= 0.6 is 0 Å². The SMILES string of the molecule is CCC(COc1ccc2nc(-c3ccc(N(C)C)cc3)ccc2c1)OC1CCCCO1. The smallest absolute Gasteiger partial charge is 0.158 e. The number of pyridine rings is 1. The van der Waals surface area contributed by atoms with Crippen molar-refractivity contribution in [2.45, 2.75) is 45.0 Å². The zero-order valence-electron chi connectivity index (χ0n) is 18.7. The van der Waals surface area contributed by atoms with Crippen LogP contribution in [0.25, 0.3) is 22.2 Å². The Kier molecular flexibility index (Phi) is 7.05. The lowest BCUT2D eigenvalue weighted by molar-refractivity contribution is -0.193. The summed E-state index contributed by atoms with van der Waals surface area (Å²) in [4.78, 5) is 6.93. The monoisotopic (exact) mass is 420 g/mol. The molecule has 1 aliphatic rings. The maximum atomic E-state index is 6.08. The summed E-state index contributed by atoms with van der Waals surface area (Å²) in [5, 5.41) is 1.07. The van der Waals surface area contributed by atoms with E-state index in [0.29, 0.717) is 6.61 Å².